The molecule has 1 aromatic heterocycles. The molecule has 0 fully saturated rings. The summed E-state index contributed by atoms with van der Waals surface area (Å²) in [5, 5.41) is 0. The van der Waals surface area contributed by atoms with E-state index in [1.807, 2.05) is 32.0 Å². The fourth-order valence-corrected chi connectivity index (χ4v) is 1.81. The number of aromatic nitrogens is 1. The van der Waals surface area contributed by atoms with E-state index in [0.29, 0.717) is 5.69 Å². The molecule has 3 nitrogen and oxygen atoms in total. The van der Waals surface area contributed by atoms with Gasteiger partial charge in [-0.2, -0.15) is 0 Å². The summed E-state index contributed by atoms with van der Waals surface area (Å²) in [6.07, 6.45) is 0.798. The Balaban J connectivity index is 2.49. The molecule has 0 radical (unpaired) electrons. The summed E-state index contributed by atoms with van der Waals surface area (Å²) in [6, 6.07) is 5.80. The molecule has 0 amide bonds. The van der Waals surface area contributed by atoms with Crippen LogP contribution in [0.15, 0.2) is 27.1 Å². The van der Waals surface area contributed by atoms with Gasteiger partial charge in [-0.3, -0.25) is 0 Å². The summed E-state index contributed by atoms with van der Waals surface area (Å²) in [5.74, 6) is 1.59. The van der Waals surface area contributed by atoms with Crippen LogP contribution < -0.4 is 5.73 Å². The second-order valence-electron chi connectivity index (χ2n) is 3.60. The molecule has 4 heteroatoms. The van der Waals surface area contributed by atoms with Gasteiger partial charge in [0.25, 0.3) is 0 Å². The lowest BCUT2D eigenvalue weighted by Gasteiger charge is -2.01. The van der Waals surface area contributed by atoms with E-state index in [1.54, 1.807) is 0 Å². The summed E-state index contributed by atoms with van der Waals surface area (Å²) in [6.45, 7) is 3.94. The van der Waals surface area contributed by atoms with Gasteiger partial charge in [0.05, 0.1) is 0 Å². The van der Waals surface area contributed by atoms with Gasteiger partial charge in [0.1, 0.15) is 11.5 Å². The maximum absolute atomic E-state index is 5.84. The summed E-state index contributed by atoms with van der Waals surface area (Å²) in [5.41, 5.74) is 8.41. The van der Waals surface area contributed by atoms with Crippen molar-refractivity contribution in [1.29, 1.82) is 0 Å². The molecule has 0 unspecified atom stereocenters. The Morgan fingerprint density at radius 1 is 1.44 bits per heavy atom. The van der Waals surface area contributed by atoms with Crippen LogP contribution in [0.1, 0.15) is 18.6 Å². The van der Waals surface area contributed by atoms with Crippen molar-refractivity contribution in [3.8, 4) is 11.3 Å². The Morgan fingerprint density at radius 2 is 2.19 bits per heavy atom. The van der Waals surface area contributed by atoms with Crippen LogP contribution in [0.5, 0.6) is 0 Å². The molecule has 0 aliphatic heterocycles. The number of benzene rings is 1. The van der Waals surface area contributed by atoms with Crippen molar-refractivity contribution in [2.75, 3.05) is 5.73 Å². The molecule has 0 aliphatic carbocycles. The number of oxazole rings is 1. The van der Waals surface area contributed by atoms with Crippen molar-refractivity contribution < 1.29 is 4.42 Å². The highest BCUT2D eigenvalue weighted by Crippen LogP contribution is 2.28. The predicted molar refractivity (Wildman–Crippen MR) is 68.2 cm³/mol. The molecule has 16 heavy (non-hydrogen) atoms. The first kappa shape index (κ1) is 11.2. The van der Waals surface area contributed by atoms with Gasteiger partial charge < -0.3 is 10.2 Å². The van der Waals surface area contributed by atoms with Crippen LogP contribution in [0.4, 0.5) is 5.69 Å². The summed E-state index contributed by atoms with van der Waals surface area (Å²) >= 11 is 3.37. The van der Waals surface area contributed by atoms with Crippen molar-refractivity contribution in [3.63, 3.8) is 0 Å². The standard InChI is InChI=1S/C12H13BrN2O/c1-3-11-15-12(7(2)16-11)8-4-5-9(13)10(14)6-8/h4-6H,3,14H2,1-2H3. The van der Waals surface area contributed by atoms with Crippen LogP contribution in [0.3, 0.4) is 0 Å². The predicted octanol–water partition coefficient (Wildman–Crippen LogP) is 3.56. The number of rotatable bonds is 2. The van der Waals surface area contributed by atoms with Gasteiger partial charge in [-0.05, 0) is 35.0 Å². The third-order valence-corrected chi connectivity index (χ3v) is 3.13. The summed E-state index contributed by atoms with van der Waals surface area (Å²) in [7, 11) is 0. The van der Waals surface area contributed by atoms with Gasteiger partial charge in [-0.1, -0.05) is 13.0 Å². The average molecular weight is 281 g/mol. The number of anilines is 1. The van der Waals surface area contributed by atoms with Gasteiger partial charge in [0.2, 0.25) is 0 Å². The van der Waals surface area contributed by atoms with Crippen molar-refractivity contribution in [1.82, 2.24) is 4.98 Å². The molecule has 0 atom stereocenters. The highest BCUT2D eigenvalue weighted by atomic mass is 79.9. The van der Waals surface area contributed by atoms with E-state index in [0.717, 1.165) is 33.8 Å². The fraction of sp³-hybridized carbons (Fsp3) is 0.250. The van der Waals surface area contributed by atoms with E-state index in [2.05, 4.69) is 20.9 Å². The zero-order valence-electron chi connectivity index (χ0n) is 9.25. The normalized spacial score (nSPS) is 10.7. The zero-order valence-corrected chi connectivity index (χ0v) is 10.8. The number of halogens is 1. The van der Waals surface area contributed by atoms with E-state index < -0.39 is 0 Å². The molecular formula is C12H13BrN2O. The first-order valence-electron chi connectivity index (χ1n) is 5.13. The Morgan fingerprint density at radius 3 is 2.75 bits per heavy atom. The number of hydrogen-bond acceptors (Lipinski definition) is 3. The molecule has 1 heterocycles. The minimum Gasteiger partial charge on any atom is -0.445 e. The van der Waals surface area contributed by atoms with Gasteiger partial charge in [-0.15, -0.1) is 0 Å². The van der Waals surface area contributed by atoms with Gasteiger partial charge in [0.15, 0.2) is 5.89 Å². The van der Waals surface area contributed by atoms with Crippen LogP contribution >= 0.6 is 15.9 Å². The molecule has 0 bridgehead atoms. The van der Waals surface area contributed by atoms with E-state index in [-0.39, 0.29) is 0 Å². The second-order valence-corrected chi connectivity index (χ2v) is 4.46. The molecule has 2 rings (SSSR count). The van der Waals surface area contributed by atoms with Crippen LogP contribution in [0.25, 0.3) is 11.3 Å². The highest BCUT2D eigenvalue weighted by Gasteiger charge is 2.11. The second kappa shape index (κ2) is 4.29. The molecule has 0 saturated carbocycles. The topological polar surface area (TPSA) is 52.0 Å². The van der Waals surface area contributed by atoms with Crippen LogP contribution in [0, 0.1) is 6.92 Å². The Kier molecular flexibility index (Phi) is 3.01. The third kappa shape index (κ3) is 1.97. The third-order valence-electron chi connectivity index (χ3n) is 2.41. The Labute approximate surface area is 103 Å². The molecule has 1 aromatic carbocycles. The van der Waals surface area contributed by atoms with Gasteiger partial charge in [-0.25, -0.2) is 4.98 Å². The average Bonchev–Trinajstić information content (AvgIpc) is 2.64. The minimum absolute atomic E-state index is 0.706. The van der Waals surface area contributed by atoms with Crippen LogP contribution in [-0.4, -0.2) is 4.98 Å². The van der Waals surface area contributed by atoms with Gasteiger partial charge in [0, 0.05) is 22.1 Å². The maximum Gasteiger partial charge on any atom is 0.194 e. The van der Waals surface area contributed by atoms with Crippen molar-refractivity contribution in [3.05, 3.63) is 34.3 Å². The number of aryl methyl sites for hydroxylation is 2. The number of nitrogen functional groups attached to an aromatic ring is 1. The Hall–Kier alpha value is -1.29. The van der Waals surface area contributed by atoms with E-state index >= 15 is 0 Å². The lowest BCUT2D eigenvalue weighted by Crippen LogP contribution is -1.89. The Bertz CT molecular complexity index is 520. The molecule has 2 aromatic rings. The van der Waals surface area contributed by atoms with Crippen molar-refractivity contribution in [2.24, 2.45) is 0 Å². The van der Waals surface area contributed by atoms with Crippen molar-refractivity contribution in [2.45, 2.75) is 20.3 Å². The first-order valence-corrected chi connectivity index (χ1v) is 5.92. The zero-order chi connectivity index (χ0) is 11.7. The number of nitrogens with zero attached hydrogens (tertiary/aromatic N) is 1. The smallest absolute Gasteiger partial charge is 0.194 e. The van der Waals surface area contributed by atoms with E-state index in [4.69, 9.17) is 10.2 Å². The SMILES string of the molecule is CCc1nc(-c2ccc(Br)c(N)c2)c(C)o1. The molecule has 84 valence electrons. The minimum atomic E-state index is 0.706. The summed E-state index contributed by atoms with van der Waals surface area (Å²) < 4.78 is 6.42. The molecular weight excluding hydrogens is 268 g/mol. The monoisotopic (exact) mass is 280 g/mol. The molecule has 0 spiro atoms. The fourth-order valence-electron chi connectivity index (χ4n) is 1.56. The first-order chi connectivity index (χ1) is 7.61. The van der Waals surface area contributed by atoms with Gasteiger partial charge >= 0.3 is 0 Å². The van der Waals surface area contributed by atoms with Crippen LogP contribution in [-0.2, 0) is 6.42 Å². The lowest BCUT2D eigenvalue weighted by atomic mass is 10.1. The molecule has 2 N–H and O–H groups in total. The molecule has 0 saturated heterocycles. The highest BCUT2D eigenvalue weighted by molar-refractivity contribution is 9.10. The number of hydrogen-bond donors (Lipinski definition) is 1. The van der Waals surface area contributed by atoms with E-state index in [9.17, 15) is 0 Å². The summed E-state index contributed by atoms with van der Waals surface area (Å²) in [4.78, 5) is 4.43. The molecule has 0 aliphatic rings. The lowest BCUT2D eigenvalue weighted by molar-refractivity contribution is 0.477. The van der Waals surface area contributed by atoms with Crippen LogP contribution in [0.2, 0.25) is 0 Å². The maximum atomic E-state index is 5.84. The van der Waals surface area contributed by atoms with Crippen molar-refractivity contribution >= 4 is 21.6 Å². The quantitative estimate of drug-likeness (QED) is 0.856. The number of nitrogens with two attached hydrogens (primary N) is 1. The van der Waals surface area contributed by atoms with E-state index in [1.165, 1.54) is 0 Å². The largest absolute Gasteiger partial charge is 0.445 e.